The van der Waals surface area contributed by atoms with Crippen LogP contribution in [-0.2, 0) is 6.18 Å². The highest BCUT2D eigenvalue weighted by molar-refractivity contribution is 6.33. The molecule has 0 radical (unpaired) electrons. The second kappa shape index (κ2) is 7.45. The lowest BCUT2D eigenvalue weighted by Crippen LogP contribution is -2.08. The average Bonchev–Trinajstić information content (AvgIpc) is 2.61. The van der Waals surface area contributed by atoms with Crippen molar-refractivity contribution in [1.29, 1.82) is 0 Å². The first-order valence-corrected chi connectivity index (χ1v) is 8.13. The lowest BCUT2D eigenvalue weighted by atomic mass is 10.2. The van der Waals surface area contributed by atoms with Crippen LogP contribution >= 0.6 is 23.2 Å². The first-order chi connectivity index (χ1) is 12.8. The summed E-state index contributed by atoms with van der Waals surface area (Å²) in [5.74, 6) is 0.344. The van der Waals surface area contributed by atoms with Crippen LogP contribution < -0.4 is 16.4 Å². The molecule has 0 unspecified atom stereocenters. The molecule has 0 saturated carbocycles. The molecular formula is C16H11Cl2F3N6. The fourth-order valence-corrected chi connectivity index (χ4v) is 2.48. The van der Waals surface area contributed by atoms with Gasteiger partial charge >= 0.3 is 6.18 Å². The van der Waals surface area contributed by atoms with Gasteiger partial charge in [-0.3, -0.25) is 0 Å². The lowest BCUT2D eigenvalue weighted by Gasteiger charge is -2.14. The molecule has 0 aliphatic carbocycles. The molecule has 6 nitrogen and oxygen atoms in total. The molecule has 3 rings (SSSR count). The van der Waals surface area contributed by atoms with Crippen molar-refractivity contribution in [1.82, 2.24) is 15.0 Å². The van der Waals surface area contributed by atoms with E-state index >= 15 is 0 Å². The number of nitrogens with one attached hydrogen (secondary N) is 2. The molecule has 140 valence electrons. The molecule has 2 aromatic heterocycles. The Labute approximate surface area is 161 Å². The first kappa shape index (κ1) is 19.0. The van der Waals surface area contributed by atoms with Crippen LogP contribution in [0, 0.1) is 0 Å². The van der Waals surface area contributed by atoms with E-state index in [1.54, 1.807) is 24.3 Å². The van der Waals surface area contributed by atoms with Gasteiger partial charge in [0.1, 0.15) is 17.8 Å². The molecular weight excluding hydrogens is 404 g/mol. The molecule has 27 heavy (non-hydrogen) atoms. The number of halogens is 5. The number of pyridine rings is 1. The summed E-state index contributed by atoms with van der Waals surface area (Å²) in [4.78, 5) is 11.7. The van der Waals surface area contributed by atoms with Crippen molar-refractivity contribution in [3.05, 3.63) is 58.5 Å². The van der Waals surface area contributed by atoms with Gasteiger partial charge in [-0.1, -0.05) is 35.3 Å². The van der Waals surface area contributed by atoms with E-state index in [-0.39, 0.29) is 28.2 Å². The van der Waals surface area contributed by atoms with E-state index in [0.717, 1.165) is 6.07 Å². The Morgan fingerprint density at radius 1 is 0.889 bits per heavy atom. The van der Waals surface area contributed by atoms with Gasteiger partial charge in [-0.25, -0.2) is 15.0 Å². The number of para-hydroxylation sites is 1. The van der Waals surface area contributed by atoms with Gasteiger partial charge < -0.3 is 16.4 Å². The van der Waals surface area contributed by atoms with Gasteiger partial charge in [0, 0.05) is 6.20 Å². The number of benzene rings is 1. The minimum absolute atomic E-state index is 0.0289. The number of nitrogens with two attached hydrogens (primary N) is 1. The van der Waals surface area contributed by atoms with Crippen LogP contribution in [0.5, 0.6) is 0 Å². The molecule has 2 heterocycles. The van der Waals surface area contributed by atoms with Gasteiger partial charge in [0.25, 0.3) is 0 Å². The number of aromatic nitrogens is 3. The highest BCUT2D eigenvalue weighted by Gasteiger charge is 2.31. The zero-order chi connectivity index (χ0) is 19.6. The Kier molecular flexibility index (Phi) is 5.24. The van der Waals surface area contributed by atoms with E-state index in [1.807, 2.05) is 0 Å². The summed E-state index contributed by atoms with van der Waals surface area (Å²) in [5.41, 5.74) is 5.75. The van der Waals surface area contributed by atoms with Crippen LogP contribution in [0.4, 0.5) is 42.0 Å². The van der Waals surface area contributed by atoms with Crippen molar-refractivity contribution in [3.8, 4) is 0 Å². The fourth-order valence-electron chi connectivity index (χ4n) is 2.08. The number of hydrogen-bond donors (Lipinski definition) is 3. The first-order valence-electron chi connectivity index (χ1n) is 7.37. The van der Waals surface area contributed by atoms with Crippen molar-refractivity contribution in [2.24, 2.45) is 0 Å². The predicted octanol–water partition coefficient (Wildman–Crippen LogP) is 5.27. The van der Waals surface area contributed by atoms with Gasteiger partial charge in [0.2, 0.25) is 0 Å². The second-order valence-corrected chi connectivity index (χ2v) is 6.08. The molecule has 1 aromatic carbocycles. The average molecular weight is 415 g/mol. The molecule has 0 fully saturated rings. The smallest absolute Gasteiger partial charge is 0.393 e. The highest BCUT2D eigenvalue weighted by atomic mass is 35.5. The normalized spacial score (nSPS) is 11.3. The van der Waals surface area contributed by atoms with E-state index in [1.165, 1.54) is 6.33 Å². The number of nitrogens with zero attached hydrogens (tertiary/aromatic N) is 3. The monoisotopic (exact) mass is 414 g/mol. The van der Waals surface area contributed by atoms with E-state index in [9.17, 15) is 13.2 Å². The zero-order valence-electron chi connectivity index (χ0n) is 13.4. The van der Waals surface area contributed by atoms with Crippen molar-refractivity contribution >= 4 is 52.0 Å². The third-order valence-corrected chi connectivity index (χ3v) is 4.03. The summed E-state index contributed by atoms with van der Waals surface area (Å²) in [6.07, 6.45) is -2.67. The summed E-state index contributed by atoms with van der Waals surface area (Å²) in [6, 6.07) is 7.72. The molecule has 3 aromatic rings. The highest BCUT2D eigenvalue weighted by Crippen LogP contribution is 2.35. The molecule has 0 amide bonds. The van der Waals surface area contributed by atoms with Crippen LogP contribution in [-0.4, -0.2) is 15.0 Å². The molecule has 0 bridgehead atoms. The van der Waals surface area contributed by atoms with E-state index < -0.39 is 11.7 Å². The maximum Gasteiger partial charge on any atom is 0.417 e. The molecule has 0 aliphatic heterocycles. The van der Waals surface area contributed by atoms with Gasteiger partial charge in [0.15, 0.2) is 11.6 Å². The Morgan fingerprint density at radius 2 is 1.56 bits per heavy atom. The Balaban J connectivity index is 1.87. The van der Waals surface area contributed by atoms with Gasteiger partial charge in [-0.2, -0.15) is 13.2 Å². The number of alkyl halides is 3. The van der Waals surface area contributed by atoms with Gasteiger partial charge in [0.05, 0.1) is 21.3 Å². The van der Waals surface area contributed by atoms with Crippen molar-refractivity contribution in [3.63, 3.8) is 0 Å². The maximum absolute atomic E-state index is 12.7. The Hall–Kier alpha value is -2.78. The summed E-state index contributed by atoms with van der Waals surface area (Å²) >= 11 is 12.0. The van der Waals surface area contributed by atoms with Crippen LogP contribution in [0.25, 0.3) is 0 Å². The number of hydrogen-bond acceptors (Lipinski definition) is 6. The summed E-state index contributed by atoms with van der Waals surface area (Å²) < 4.78 is 38.1. The molecule has 0 aliphatic rings. The second-order valence-electron chi connectivity index (χ2n) is 5.27. The molecule has 0 atom stereocenters. The predicted molar refractivity (Wildman–Crippen MR) is 98.7 cm³/mol. The lowest BCUT2D eigenvalue weighted by molar-refractivity contribution is -0.137. The summed E-state index contributed by atoms with van der Waals surface area (Å²) in [5, 5.41) is 5.88. The van der Waals surface area contributed by atoms with Crippen molar-refractivity contribution in [2.45, 2.75) is 6.18 Å². The standard InChI is InChI=1S/C16H11Cl2F3N6/c17-9-3-1-2-4-11(9)26-14-12(22)15(25-7-24-14)27-13-10(18)5-8(6-23-13)16(19,20)21/h1-7H,22H2,(H2,23,24,25,26,27). The molecule has 4 N–H and O–H groups in total. The zero-order valence-corrected chi connectivity index (χ0v) is 14.9. The van der Waals surface area contributed by atoms with Crippen LogP contribution in [0.15, 0.2) is 42.9 Å². The SMILES string of the molecule is Nc1c(Nc2ccccc2Cl)ncnc1Nc1ncc(C(F)(F)F)cc1Cl. The Morgan fingerprint density at radius 3 is 2.19 bits per heavy atom. The van der Waals surface area contributed by atoms with Gasteiger partial charge in [-0.05, 0) is 18.2 Å². The third-order valence-electron chi connectivity index (χ3n) is 3.42. The van der Waals surface area contributed by atoms with Crippen LogP contribution in [0.2, 0.25) is 10.0 Å². The third kappa shape index (κ3) is 4.32. The minimum Gasteiger partial charge on any atom is -0.393 e. The van der Waals surface area contributed by atoms with E-state index in [2.05, 4.69) is 25.6 Å². The number of nitrogen functional groups attached to an aromatic ring is 1. The van der Waals surface area contributed by atoms with Crippen LogP contribution in [0.3, 0.4) is 0 Å². The number of anilines is 5. The van der Waals surface area contributed by atoms with E-state index in [4.69, 9.17) is 28.9 Å². The topological polar surface area (TPSA) is 88.8 Å². The van der Waals surface area contributed by atoms with E-state index in [0.29, 0.717) is 16.9 Å². The van der Waals surface area contributed by atoms with Crippen molar-refractivity contribution in [2.75, 3.05) is 16.4 Å². The molecule has 0 saturated heterocycles. The largest absolute Gasteiger partial charge is 0.417 e. The summed E-state index contributed by atoms with van der Waals surface area (Å²) in [7, 11) is 0. The maximum atomic E-state index is 12.7. The Bertz CT molecular complexity index is 981. The summed E-state index contributed by atoms with van der Waals surface area (Å²) in [6.45, 7) is 0. The fraction of sp³-hybridized carbons (Fsp3) is 0.0625. The molecule has 11 heteroatoms. The van der Waals surface area contributed by atoms with Gasteiger partial charge in [-0.15, -0.1) is 0 Å². The van der Waals surface area contributed by atoms with Crippen molar-refractivity contribution < 1.29 is 13.2 Å². The quantitative estimate of drug-likeness (QED) is 0.538. The number of rotatable bonds is 4. The molecule has 0 spiro atoms. The van der Waals surface area contributed by atoms with Crippen LogP contribution in [0.1, 0.15) is 5.56 Å². The minimum atomic E-state index is -4.55.